The molecule has 0 aromatic heterocycles. The van der Waals surface area contributed by atoms with Gasteiger partial charge in [-0.3, -0.25) is 0 Å². The van der Waals surface area contributed by atoms with Crippen LogP contribution in [0.25, 0.3) is 0 Å². The molecule has 1 aromatic rings. The molecule has 0 fully saturated rings. The van der Waals surface area contributed by atoms with E-state index in [-0.39, 0.29) is 19.1 Å². The summed E-state index contributed by atoms with van der Waals surface area (Å²) in [7, 11) is 0. The predicted octanol–water partition coefficient (Wildman–Crippen LogP) is 1.50. The predicted molar refractivity (Wildman–Crippen MR) is 52.3 cm³/mol. The summed E-state index contributed by atoms with van der Waals surface area (Å²) in [5.74, 6) is -1.92. The molecule has 0 saturated carbocycles. The quantitative estimate of drug-likeness (QED) is 0.783. The van der Waals surface area contributed by atoms with Gasteiger partial charge in [0, 0.05) is 19.1 Å². The lowest BCUT2D eigenvalue weighted by Crippen LogP contribution is -2.11. The second-order valence-corrected chi connectivity index (χ2v) is 3.52. The van der Waals surface area contributed by atoms with Gasteiger partial charge in [-0.05, 0) is 30.5 Å². The molecule has 0 atom stereocenters. The Morgan fingerprint density at radius 1 is 1.07 bits per heavy atom. The van der Waals surface area contributed by atoms with Crippen LogP contribution < -0.4 is 0 Å². The van der Waals surface area contributed by atoms with Gasteiger partial charge in [-0.15, -0.1) is 0 Å². The van der Waals surface area contributed by atoms with E-state index in [1.807, 2.05) is 0 Å². The molecular formula is C11H14F2O2. The standard InChI is InChI=1S/C11H14F2O2/c12-10-4-3-8(5-11(10)13)1-2-9(6-14)7-15/h3-5,9,14-15H,1-2,6-7H2. The number of halogens is 2. The van der Waals surface area contributed by atoms with Crippen molar-refractivity contribution < 1.29 is 19.0 Å². The first kappa shape index (κ1) is 12.1. The van der Waals surface area contributed by atoms with Crippen LogP contribution in [0.2, 0.25) is 0 Å². The average molecular weight is 216 g/mol. The summed E-state index contributed by atoms with van der Waals surface area (Å²) in [6.45, 7) is -0.194. The second-order valence-electron chi connectivity index (χ2n) is 3.52. The van der Waals surface area contributed by atoms with Gasteiger partial charge in [-0.2, -0.15) is 0 Å². The van der Waals surface area contributed by atoms with E-state index in [4.69, 9.17) is 10.2 Å². The van der Waals surface area contributed by atoms with Crippen LogP contribution in [0, 0.1) is 17.6 Å². The summed E-state index contributed by atoms with van der Waals surface area (Å²) in [6.07, 6.45) is 1.07. The minimum absolute atomic E-state index is 0.0970. The largest absolute Gasteiger partial charge is 0.396 e. The second kappa shape index (κ2) is 5.78. The lowest BCUT2D eigenvalue weighted by atomic mass is 10.0. The van der Waals surface area contributed by atoms with Crippen molar-refractivity contribution in [3.63, 3.8) is 0 Å². The minimum Gasteiger partial charge on any atom is -0.396 e. The Kier molecular flexibility index (Phi) is 4.65. The minimum atomic E-state index is -0.864. The van der Waals surface area contributed by atoms with Gasteiger partial charge in [0.05, 0.1) is 0 Å². The van der Waals surface area contributed by atoms with Gasteiger partial charge in [-0.1, -0.05) is 6.07 Å². The van der Waals surface area contributed by atoms with E-state index in [9.17, 15) is 8.78 Å². The SMILES string of the molecule is OCC(CO)CCc1ccc(F)c(F)c1. The van der Waals surface area contributed by atoms with Crippen molar-refractivity contribution in [1.29, 1.82) is 0 Å². The highest BCUT2D eigenvalue weighted by Crippen LogP contribution is 2.13. The Morgan fingerprint density at radius 3 is 2.27 bits per heavy atom. The third kappa shape index (κ3) is 3.57. The average Bonchev–Trinajstić information content (AvgIpc) is 2.24. The van der Waals surface area contributed by atoms with Crippen LogP contribution in [0.4, 0.5) is 8.78 Å². The van der Waals surface area contributed by atoms with E-state index in [1.54, 1.807) is 0 Å². The molecule has 2 N–H and O–H groups in total. The van der Waals surface area contributed by atoms with E-state index in [2.05, 4.69) is 0 Å². The first-order chi connectivity index (χ1) is 7.17. The van der Waals surface area contributed by atoms with E-state index in [1.165, 1.54) is 6.07 Å². The Bertz CT molecular complexity index is 311. The van der Waals surface area contributed by atoms with Crippen LogP contribution in [0.3, 0.4) is 0 Å². The zero-order chi connectivity index (χ0) is 11.3. The molecule has 0 aliphatic rings. The first-order valence-corrected chi connectivity index (χ1v) is 4.83. The Morgan fingerprint density at radius 2 is 1.73 bits per heavy atom. The van der Waals surface area contributed by atoms with Gasteiger partial charge < -0.3 is 10.2 Å². The summed E-state index contributed by atoms with van der Waals surface area (Å²) < 4.78 is 25.4. The van der Waals surface area contributed by atoms with Crippen LogP contribution in [0.5, 0.6) is 0 Å². The van der Waals surface area contributed by atoms with Crippen molar-refractivity contribution in [2.24, 2.45) is 5.92 Å². The number of aryl methyl sites for hydroxylation is 1. The summed E-state index contributed by atoms with van der Waals surface area (Å²) >= 11 is 0. The number of aliphatic hydroxyl groups is 2. The molecule has 1 rings (SSSR count). The highest BCUT2D eigenvalue weighted by molar-refractivity contribution is 5.17. The molecule has 4 heteroatoms. The maximum Gasteiger partial charge on any atom is 0.159 e. The normalized spacial score (nSPS) is 11.0. The third-order valence-electron chi connectivity index (χ3n) is 2.34. The monoisotopic (exact) mass is 216 g/mol. The zero-order valence-electron chi connectivity index (χ0n) is 8.29. The molecule has 0 aliphatic carbocycles. The van der Waals surface area contributed by atoms with E-state index >= 15 is 0 Å². The van der Waals surface area contributed by atoms with Crippen molar-refractivity contribution in [3.8, 4) is 0 Å². The Labute approximate surface area is 87.2 Å². The molecule has 84 valence electrons. The van der Waals surface area contributed by atoms with E-state index in [0.29, 0.717) is 18.4 Å². The number of aliphatic hydroxyl groups excluding tert-OH is 2. The maximum atomic E-state index is 12.8. The number of hydrogen-bond donors (Lipinski definition) is 2. The number of rotatable bonds is 5. The van der Waals surface area contributed by atoms with Gasteiger partial charge in [0.2, 0.25) is 0 Å². The van der Waals surface area contributed by atoms with Gasteiger partial charge in [0.15, 0.2) is 11.6 Å². The van der Waals surface area contributed by atoms with Gasteiger partial charge >= 0.3 is 0 Å². The summed E-state index contributed by atoms with van der Waals surface area (Å²) in [5.41, 5.74) is 0.667. The molecule has 0 radical (unpaired) electrons. The number of hydrogen-bond acceptors (Lipinski definition) is 2. The van der Waals surface area contributed by atoms with Crippen molar-refractivity contribution in [1.82, 2.24) is 0 Å². The highest BCUT2D eigenvalue weighted by atomic mass is 19.2. The van der Waals surface area contributed by atoms with E-state index in [0.717, 1.165) is 12.1 Å². The molecule has 0 amide bonds. The summed E-state index contributed by atoms with van der Waals surface area (Å²) in [6, 6.07) is 3.73. The van der Waals surface area contributed by atoms with Gasteiger partial charge in [0.1, 0.15) is 0 Å². The topological polar surface area (TPSA) is 40.5 Å². The molecule has 1 aromatic carbocycles. The van der Waals surface area contributed by atoms with Crippen molar-refractivity contribution in [2.45, 2.75) is 12.8 Å². The number of benzene rings is 1. The van der Waals surface area contributed by atoms with E-state index < -0.39 is 11.6 Å². The molecule has 0 heterocycles. The van der Waals surface area contributed by atoms with Crippen LogP contribution in [-0.2, 0) is 6.42 Å². The van der Waals surface area contributed by atoms with Crippen LogP contribution in [-0.4, -0.2) is 23.4 Å². The van der Waals surface area contributed by atoms with Crippen LogP contribution >= 0.6 is 0 Å². The van der Waals surface area contributed by atoms with Gasteiger partial charge in [-0.25, -0.2) is 8.78 Å². The fourth-order valence-electron chi connectivity index (χ4n) is 1.31. The molecule has 2 nitrogen and oxygen atoms in total. The summed E-state index contributed by atoms with van der Waals surface area (Å²) in [5, 5.41) is 17.6. The zero-order valence-corrected chi connectivity index (χ0v) is 8.29. The molecule has 0 aliphatic heterocycles. The molecule has 15 heavy (non-hydrogen) atoms. The lowest BCUT2D eigenvalue weighted by Gasteiger charge is -2.10. The van der Waals surface area contributed by atoms with Crippen LogP contribution in [0.15, 0.2) is 18.2 Å². The molecular weight excluding hydrogens is 202 g/mol. The fourth-order valence-corrected chi connectivity index (χ4v) is 1.31. The molecule has 0 spiro atoms. The fraction of sp³-hybridized carbons (Fsp3) is 0.455. The Hall–Kier alpha value is -1.00. The third-order valence-corrected chi connectivity index (χ3v) is 2.34. The van der Waals surface area contributed by atoms with Gasteiger partial charge in [0.25, 0.3) is 0 Å². The maximum absolute atomic E-state index is 12.8. The first-order valence-electron chi connectivity index (χ1n) is 4.83. The Balaban J connectivity index is 2.54. The van der Waals surface area contributed by atoms with Crippen LogP contribution in [0.1, 0.15) is 12.0 Å². The van der Waals surface area contributed by atoms with Crippen molar-refractivity contribution in [2.75, 3.05) is 13.2 Å². The highest BCUT2D eigenvalue weighted by Gasteiger charge is 2.07. The van der Waals surface area contributed by atoms with Crippen molar-refractivity contribution >= 4 is 0 Å². The smallest absolute Gasteiger partial charge is 0.159 e. The molecule has 0 saturated heterocycles. The summed E-state index contributed by atoms with van der Waals surface area (Å²) in [4.78, 5) is 0. The molecule has 0 bridgehead atoms. The molecule has 0 unspecified atom stereocenters. The van der Waals surface area contributed by atoms with Crippen molar-refractivity contribution in [3.05, 3.63) is 35.4 Å². The lowest BCUT2D eigenvalue weighted by molar-refractivity contribution is 0.144.